The number of likely N-dealkylation sites (tertiary alicyclic amines) is 1. The molecule has 2 amide bonds. The predicted octanol–water partition coefficient (Wildman–Crippen LogP) is 2.12. The molecule has 0 bridgehead atoms. The summed E-state index contributed by atoms with van der Waals surface area (Å²) in [7, 11) is 1.60. The van der Waals surface area contributed by atoms with Crippen LogP contribution in [-0.4, -0.2) is 47.9 Å². The molecular formula is C19H21N3O3. The number of nitrogens with one attached hydrogen (secondary N) is 1. The summed E-state index contributed by atoms with van der Waals surface area (Å²) in [4.78, 5) is 30.5. The molecule has 1 N–H and O–H groups in total. The first-order chi connectivity index (χ1) is 12.2. The van der Waals surface area contributed by atoms with Crippen LogP contribution in [0.2, 0.25) is 0 Å². The number of hydrogen-bond donors (Lipinski definition) is 1. The maximum atomic E-state index is 12.5. The molecule has 0 aliphatic carbocycles. The zero-order chi connectivity index (χ0) is 17.6. The Morgan fingerprint density at radius 2 is 1.68 bits per heavy atom. The minimum absolute atomic E-state index is 0.0153. The van der Waals surface area contributed by atoms with Crippen LogP contribution in [0.1, 0.15) is 33.6 Å². The quantitative estimate of drug-likeness (QED) is 0.926. The van der Waals surface area contributed by atoms with E-state index in [1.165, 1.54) is 0 Å². The first kappa shape index (κ1) is 17.0. The third kappa shape index (κ3) is 4.15. The van der Waals surface area contributed by atoms with Gasteiger partial charge < -0.3 is 15.0 Å². The molecular weight excluding hydrogens is 318 g/mol. The van der Waals surface area contributed by atoms with Crippen molar-refractivity contribution in [3.63, 3.8) is 0 Å². The van der Waals surface area contributed by atoms with Gasteiger partial charge in [-0.15, -0.1) is 0 Å². The Morgan fingerprint density at radius 3 is 2.28 bits per heavy atom. The van der Waals surface area contributed by atoms with E-state index in [1.807, 2.05) is 4.90 Å². The Labute approximate surface area is 146 Å². The number of piperidine rings is 1. The van der Waals surface area contributed by atoms with Crippen LogP contribution in [-0.2, 0) is 0 Å². The van der Waals surface area contributed by atoms with Gasteiger partial charge >= 0.3 is 0 Å². The van der Waals surface area contributed by atoms with Crippen LogP contribution in [0, 0.1) is 0 Å². The van der Waals surface area contributed by atoms with Crippen molar-refractivity contribution in [1.29, 1.82) is 0 Å². The van der Waals surface area contributed by atoms with Gasteiger partial charge in [0, 0.05) is 42.7 Å². The highest BCUT2D eigenvalue weighted by atomic mass is 16.5. The molecule has 1 saturated heterocycles. The zero-order valence-electron chi connectivity index (χ0n) is 14.1. The second-order valence-electron chi connectivity index (χ2n) is 6.00. The molecule has 2 aromatic rings. The number of hydrogen-bond acceptors (Lipinski definition) is 4. The largest absolute Gasteiger partial charge is 0.497 e. The van der Waals surface area contributed by atoms with Crippen molar-refractivity contribution in [3.8, 4) is 5.75 Å². The van der Waals surface area contributed by atoms with E-state index in [0.29, 0.717) is 24.2 Å². The summed E-state index contributed by atoms with van der Waals surface area (Å²) in [6, 6.07) is 10.6. The number of aromatic nitrogens is 1. The smallest absolute Gasteiger partial charge is 0.253 e. The molecule has 2 heterocycles. The summed E-state index contributed by atoms with van der Waals surface area (Å²) in [5.74, 6) is 0.651. The highest BCUT2D eigenvalue weighted by molar-refractivity contribution is 5.95. The molecule has 3 rings (SSSR count). The Morgan fingerprint density at radius 1 is 1.04 bits per heavy atom. The number of ether oxygens (including phenoxy) is 1. The van der Waals surface area contributed by atoms with Crippen LogP contribution in [0.3, 0.4) is 0 Å². The van der Waals surface area contributed by atoms with Gasteiger partial charge in [-0.25, -0.2) is 0 Å². The average Bonchev–Trinajstić information content (AvgIpc) is 2.69. The van der Waals surface area contributed by atoms with Crippen LogP contribution >= 0.6 is 0 Å². The van der Waals surface area contributed by atoms with E-state index in [4.69, 9.17) is 4.74 Å². The van der Waals surface area contributed by atoms with Gasteiger partial charge in [-0.1, -0.05) is 0 Å². The van der Waals surface area contributed by atoms with E-state index in [0.717, 1.165) is 18.6 Å². The van der Waals surface area contributed by atoms with Crippen LogP contribution in [0.4, 0.5) is 0 Å². The molecule has 0 spiro atoms. The molecule has 1 aliphatic heterocycles. The summed E-state index contributed by atoms with van der Waals surface area (Å²) < 4.78 is 5.11. The van der Waals surface area contributed by atoms with Crippen molar-refractivity contribution < 1.29 is 14.3 Å². The molecule has 1 aromatic carbocycles. The van der Waals surface area contributed by atoms with E-state index < -0.39 is 0 Å². The van der Waals surface area contributed by atoms with Gasteiger partial charge in [-0.2, -0.15) is 0 Å². The summed E-state index contributed by atoms with van der Waals surface area (Å²) >= 11 is 0. The van der Waals surface area contributed by atoms with Crippen LogP contribution in [0.5, 0.6) is 5.75 Å². The van der Waals surface area contributed by atoms with Crippen molar-refractivity contribution in [2.45, 2.75) is 18.9 Å². The van der Waals surface area contributed by atoms with E-state index in [9.17, 15) is 9.59 Å². The number of methoxy groups -OCH3 is 1. The Kier molecular flexibility index (Phi) is 5.28. The van der Waals surface area contributed by atoms with Gasteiger partial charge in [0.2, 0.25) is 0 Å². The van der Waals surface area contributed by atoms with Gasteiger partial charge in [-0.05, 0) is 49.2 Å². The molecule has 130 valence electrons. The fourth-order valence-electron chi connectivity index (χ4n) is 2.92. The number of nitrogens with zero attached hydrogens (tertiary/aromatic N) is 2. The molecule has 1 aromatic heterocycles. The highest BCUT2D eigenvalue weighted by Crippen LogP contribution is 2.17. The molecule has 25 heavy (non-hydrogen) atoms. The molecule has 1 aliphatic rings. The minimum Gasteiger partial charge on any atom is -0.497 e. The summed E-state index contributed by atoms with van der Waals surface area (Å²) in [5, 5.41) is 3.03. The number of benzene rings is 1. The zero-order valence-corrected chi connectivity index (χ0v) is 14.1. The Hall–Kier alpha value is -2.89. The van der Waals surface area contributed by atoms with Crippen LogP contribution in [0.25, 0.3) is 0 Å². The fourth-order valence-corrected chi connectivity index (χ4v) is 2.92. The molecule has 0 radical (unpaired) electrons. The standard InChI is InChI=1S/C19H21N3O3/c1-25-17-4-2-15(3-5-17)19(24)22-12-8-16(9-13-22)21-18(23)14-6-10-20-11-7-14/h2-7,10-11,16H,8-9,12-13H2,1H3,(H,21,23). The SMILES string of the molecule is COc1ccc(C(=O)N2CCC(NC(=O)c3ccncc3)CC2)cc1. The van der Waals surface area contributed by atoms with E-state index in [2.05, 4.69) is 10.3 Å². The predicted molar refractivity (Wildman–Crippen MR) is 93.6 cm³/mol. The Bertz CT molecular complexity index is 723. The second-order valence-corrected chi connectivity index (χ2v) is 6.00. The van der Waals surface area contributed by atoms with Gasteiger partial charge in [-0.3, -0.25) is 14.6 Å². The van der Waals surface area contributed by atoms with E-state index in [1.54, 1.807) is 55.9 Å². The average molecular weight is 339 g/mol. The third-order valence-corrected chi connectivity index (χ3v) is 4.40. The number of pyridine rings is 1. The number of amides is 2. The first-order valence-electron chi connectivity index (χ1n) is 8.31. The van der Waals surface area contributed by atoms with Crippen molar-refractivity contribution in [3.05, 3.63) is 59.9 Å². The first-order valence-corrected chi connectivity index (χ1v) is 8.31. The molecule has 1 fully saturated rings. The lowest BCUT2D eigenvalue weighted by molar-refractivity contribution is 0.0698. The minimum atomic E-state index is -0.0951. The van der Waals surface area contributed by atoms with Gasteiger partial charge in [0.05, 0.1) is 7.11 Å². The van der Waals surface area contributed by atoms with Gasteiger partial charge in [0.1, 0.15) is 5.75 Å². The highest BCUT2D eigenvalue weighted by Gasteiger charge is 2.24. The van der Waals surface area contributed by atoms with Crippen LogP contribution < -0.4 is 10.1 Å². The molecule has 6 heteroatoms. The monoisotopic (exact) mass is 339 g/mol. The van der Waals surface area contributed by atoms with Crippen molar-refractivity contribution >= 4 is 11.8 Å². The molecule has 0 atom stereocenters. The van der Waals surface area contributed by atoms with Crippen molar-refractivity contribution in [2.75, 3.05) is 20.2 Å². The summed E-state index contributed by atoms with van der Waals surface area (Å²) in [6.07, 6.45) is 4.70. The maximum Gasteiger partial charge on any atom is 0.253 e. The lowest BCUT2D eigenvalue weighted by Gasteiger charge is -2.32. The number of carbonyl (C=O) groups is 2. The normalized spacial score (nSPS) is 14.8. The third-order valence-electron chi connectivity index (χ3n) is 4.40. The fraction of sp³-hybridized carbons (Fsp3) is 0.316. The van der Waals surface area contributed by atoms with Gasteiger partial charge in [0.25, 0.3) is 11.8 Å². The molecule has 6 nitrogen and oxygen atoms in total. The lowest BCUT2D eigenvalue weighted by Crippen LogP contribution is -2.46. The number of carbonyl (C=O) groups excluding carboxylic acids is 2. The molecule has 0 saturated carbocycles. The van der Waals surface area contributed by atoms with Crippen molar-refractivity contribution in [2.24, 2.45) is 0 Å². The Balaban J connectivity index is 1.52. The molecule has 0 unspecified atom stereocenters. The number of rotatable bonds is 4. The van der Waals surface area contributed by atoms with Crippen LogP contribution in [0.15, 0.2) is 48.8 Å². The second kappa shape index (κ2) is 7.79. The lowest BCUT2D eigenvalue weighted by atomic mass is 10.0. The van der Waals surface area contributed by atoms with Crippen molar-refractivity contribution in [1.82, 2.24) is 15.2 Å². The summed E-state index contributed by atoms with van der Waals surface area (Å²) in [5.41, 5.74) is 1.26. The topological polar surface area (TPSA) is 71.5 Å². The van der Waals surface area contributed by atoms with E-state index in [-0.39, 0.29) is 17.9 Å². The van der Waals surface area contributed by atoms with Gasteiger partial charge in [0.15, 0.2) is 0 Å². The maximum absolute atomic E-state index is 12.5. The van der Waals surface area contributed by atoms with E-state index >= 15 is 0 Å². The summed E-state index contributed by atoms with van der Waals surface area (Å²) in [6.45, 7) is 1.26.